The van der Waals surface area contributed by atoms with Crippen LogP contribution in [0, 0.1) is 0 Å². The first-order valence-corrected chi connectivity index (χ1v) is 7.67. The van der Waals surface area contributed by atoms with Crippen LogP contribution in [0.4, 0.5) is 0 Å². The van der Waals surface area contributed by atoms with E-state index in [9.17, 15) is 0 Å². The van der Waals surface area contributed by atoms with E-state index >= 15 is 0 Å². The Labute approximate surface area is 128 Å². The first-order valence-electron chi connectivity index (χ1n) is 7.67. The predicted octanol–water partition coefficient (Wildman–Crippen LogP) is 4.13. The van der Waals surface area contributed by atoms with Crippen LogP contribution >= 0.6 is 0 Å². The second-order valence-corrected chi connectivity index (χ2v) is 5.20. The molecule has 0 radical (unpaired) electrons. The Balaban J connectivity index is 2.55. The van der Waals surface area contributed by atoms with Crippen LogP contribution in [0.2, 0.25) is 0 Å². The smallest absolute Gasteiger partial charge is 0.123 e. The maximum atomic E-state index is 5.54. The topological polar surface area (TPSA) is 21.3 Å². The van der Waals surface area contributed by atoms with Gasteiger partial charge >= 0.3 is 0 Å². The molecule has 0 saturated heterocycles. The van der Waals surface area contributed by atoms with Crippen molar-refractivity contribution < 1.29 is 4.74 Å². The summed E-state index contributed by atoms with van der Waals surface area (Å²) in [6.45, 7) is 4.40. The fourth-order valence-corrected chi connectivity index (χ4v) is 2.84. The zero-order valence-corrected chi connectivity index (χ0v) is 13.4. The first kappa shape index (κ1) is 15.6. The fourth-order valence-electron chi connectivity index (χ4n) is 2.84. The van der Waals surface area contributed by atoms with Gasteiger partial charge in [0.2, 0.25) is 0 Å². The third kappa shape index (κ3) is 3.27. The average Bonchev–Trinajstić information content (AvgIpc) is 2.55. The molecule has 2 heteroatoms. The molecule has 0 spiro atoms. The summed E-state index contributed by atoms with van der Waals surface area (Å²) in [4.78, 5) is 0. The molecule has 0 aliphatic rings. The van der Waals surface area contributed by atoms with Gasteiger partial charge in [0.1, 0.15) is 5.75 Å². The molecular weight excluding hydrogens is 258 g/mol. The van der Waals surface area contributed by atoms with Gasteiger partial charge in [0.25, 0.3) is 0 Å². The van der Waals surface area contributed by atoms with Gasteiger partial charge in [-0.15, -0.1) is 0 Å². The lowest BCUT2D eigenvalue weighted by Gasteiger charge is -2.23. The number of hydrogen-bond acceptors (Lipinski definition) is 2. The Hall–Kier alpha value is -1.80. The van der Waals surface area contributed by atoms with Crippen LogP contribution in [0.15, 0.2) is 42.5 Å². The summed E-state index contributed by atoms with van der Waals surface area (Å²) in [5.41, 5.74) is 5.30. The molecule has 1 N–H and O–H groups in total. The van der Waals surface area contributed by atoms with Gasteiger partial charge in [0, 0.05) is 5.56 Å². The standard InChI is InChI=1S/C19H25NO/c1-5-14-11-12-15(6-2)17(13-14)19(20-3)16-9-7-8-10-18(16)21-4/h7-13,19-20H,5-6H2,1-4H3. The number of para-hydroxylation sites is 1. The minimum Gasteiger partial charge on any atom is -0.496 e. The molecule has 2 aromatic carbocycles. The quantitative estimate of drug-likeness (QED) is 0.860. The molecule has 2 rings (SSSR count). The highest BCUT2D eigenvalue weighted by Gasteiger charge is 2.19. The van der Waals surface area contributed by atoms with Crippen molar-refractivity contribution in [1.29, 1.82) is 0 Å². The molecule has 0 aliphatic heterocycles. The zero-order chi connectivity index (χ0) is 15.2. The van der Waals surface area contributed by atoms with Crippen molar-refractivity contribution in [2.24, 2.45) is 0 Å². The lowest BCUT2D eigenvalue weighted by atomic mass is 9.91. The highest BCUT2D eigenvalue weighted by Crippen LogP contribution is 2.32. The van der Waals surface area contributed by atoms with E-state index in [-0.39, 0.29) is 6.04 Å². The first-order chi connectivity index (χ1) is 10.2. The average molecular weight is 283 g/mol. The van der Waals surface area contributed by atoms with E-state index in [4.69, 9.17) is 4.74 Å². The highest BCUT2D eigenvalue weighted by molar-refractivity contribution is 5.45. The molecule has 1 unspecified atom stereocenters. The number of hydrogen-bond donors (Lipinski definition) is 1. The number of rotatable bonds is 6. The minimum atomic E-state index is 0.155. The van der Waals surface area contributed by atoms with E-state index in [0.717, 1.165) is 18.6 Å². The van der Waals surface area contributed by atoms with Gasteiger partial charge in [-0.3, -0.25) is 0 Å². The summed E-state index contributed by atoms with van der Waals surface area (Å²) >= 11 is 0. The number of nitrogens with one attached hydrogen (secondary N) is 1. The van der Waals surface area contributed by atoms with Crippen LogP contribution in [-0.4, -0.2) is 14.2 Å². The molecule has 0 saturated carbocycles. The summed E-state index contributed by atoms with van der Waals surface area (Å²) in [6.07, 6.45) is 2.09. The lowest BCUT2D eigenvalue weighted by Crippen LogP contribution is -2.20. The Morgan fingerprint density at radius 1 is 1.00 bits per heavy atom. The van der Waals surface area contributed by atoms with E-state index in [1.807, 2.05) is 19.2 Å². The molecule has 21 heavy (non-hydrogen) atoms. The summed E-state index contributed by atoms with van der Waals surface area (Å²) in [7, 11) is 3.74. The van der Waals surface area contributed by atoms with Gasteiger partial charge in [-0.1, -0.05) is 50.2 Å². The summed E-state index contributed by atoms with van der Waals surface area (Å²) < 4.78 is 5.54. The second-order valence-electron chi connectivity index (χ2n) is 5.20. The molecule has 0 heterocycles. The van der Waals surface area contributed by atoms with Gasteiger partial charge in [0.05, 0.1) is 13.2 Å². The molecule has 0 bridgehead atoms. The third-order valence-electron chi connectivity index (χ3n) is 4.05. The Kier molecular flexibility index (Phi) is 5.40. The largest absolute Gasteiger partial charge is 0.496 e. The Bertz CT molecular complexity index is 592. The van der Waals surface area contributed by atoms with Crippen molar-refractivity contribution in [2.75, 3.05) is 14.2 Å². The summed E-state index contributed by atoms with van der Waals surface area (Å²) in [5, 5.41) is 3.46. The number of benzene rings is 2. The van der Waals surface area contributed by atoms with Crippen LogP contribution in [0.5, 0.6) is 5.75 Å². The van der Waals surface area contributed by atoms with Crippen molar-refractivity contribution in [1.82, 2.24) is 5.32 Å². The molecule has 0 fully saturated rings. The van der Waals surface area contributed by atoms with E-state index in [0.29, 0.717) is 0 Å². The van der Waals surface area contributed by atoms with Gasteiger partial charge in [-0.25, -0.2) is 0 Å². The molecule has 1 atom stereocenters. The van der Waals surface area contributed by atoms with Crippen molar-refractivity contribution in [3.8, 4) is 5.75 Å². The van der Waals surface area contributed by atoms with Gasteiger partial charge in [-0.2, -0.15) is 0 Å². The summed E-state index contributed by atoms with van der Waals surface area (Å²) in [5.74, 6) is 0.931. The number of ether oxygens (including phenoxy) is 1. The van der Waals surface area contributed by atoms with Gasteiger partial charge < -0.3 is 10.1 Å². The molecule has 112 valence electrons. The minimum absolute atomic E-state index is 0.155. The second kappa shape index (κ2) is 7.28. The van der Waals surface area contributed by atoms with Crippen molar-refractivity contribution in [2.45, 2.75) is 32.7 Å². The lowest BCUT2D eigenvalue weighted by molar-refractivity contribution is 0.405. The Morgan fingerprint density at radius 2 is 1.76 bits per heavy atom. The van der Waals surface area contributed by atoms with Gasteiger partial charge in [-0.05, 0) is 42.6 Å². The van der Waals surface area contributed by atoms with E-state index in [2.05, 4.69) is 49.5 Å². The molecule has 0 amide bonds. The maximum absolute atomic E-state index is 5.54. The van der Waals surface area contributed by atoms with Gasteiger partial charge in [0.15, 0.2) is 0 Å². The maximum Gasteiger partial charge on any atom is 0.123 e. The van der Waals surface area contributed by atoms with Crippen LogP contribution in [0.1, 0.15) is 42.1 Å². The number of aryl methyl sites for hydroxylation is 2. The Morgan fingerprint density at radius 3 is 2.38 bits per heavy atom. The molecule has 2 nitrogen and oxygen atoms in total. The molecular formula is C19H25NO. The highest BCUT2D eigenvalue weighted by atomic mass is 16.5. The molecule has 0 aliphatic carbocycles. The third-order valence-corrected chi connectivity index (χ3v) is 4.05. The van der Waals surface area contributed by atoms with Crippen LogP contribution in [-0.2, 0) is 12.8 Å². The predicted molar refractivity (Wildman–Crippen MR) is 89.1 cm³/mol. The van der Waals surface area contributed by atoms with Crippen molar-refractivity contribution in [3.05, 3.63) is 64.7 Å². The van der Waals surface area contributed by atoms with Crippen LogP contribution < -0.4 is 10.1 Å². The normalized spacial score (nSPS) is 12.2. The SMILES string of the molecule is CCc1ccc(CC)c(C(NC)c2ccccc2OC)c1. The monoisotopic (exact) mass is 283 g/mol. The summed E-state index contributed by atoms with van der Waals surface area (Å²) in [6, 6.07) is 15.2. The fraction of sp³-hybridized carbons (Fsp3) is 0.368. The zero-order valence-electron chi connectivity index (χ0n) is 13.4. The van der Waals surface area contributed by atoms with Crippen molar-refractivity contribution >= 4 is 0 Å². The van der Waals surface area contributed by atoms with E-state index in [1.165, 1.54) is 22.3 Å². The number of methoxy groups -OCH3 is 1. The molecule has 0 aromatic heterocycles. The van der Waals surface area contributed by atoms with Crippen molar-refractivity contribution in [3.63, 3.8) is 0 Å². The molecule has 2 aromatic rings. The van der Waals surface area contributed by atoms with E-state index in [1.54, 1.807) is 7.11 Å². The van der Waals surface area contributed by atoms with Crippen LogP contribution in [0.3, 0.4) is 0 Å². The van der Waals surface area contributed by atoms with E-state index < -0.39 is 0 Å². The van der Waals surface area contributed by atoms with Crippen LogP contribution in [0.25, 0.3) is 0 Å².